The topological polar surface area (TPSA) is 28.5 Å². The predicted octanol–water partition coefficient (Wildman–Crippen LogP) is 4.71. The fourth-order valence-corrected chi connectivity index (χ4v) is 4.88. The molecular weight excluding hydrogens is 353 g/mol. The Morgan fingerprint density at radius 3 is 2.25 bits per heavy atom. The Hall–Kier alpha value is -2.30. The van der Waals surface area contributed by atoms with Gasteiger partial charge in [0, 0.05) is 49.3 Å². The highest BCUT2D eigenvalue weighted by molar-refractivity contribution is 5.96. The molecule has 1 aromatic heterocycles. The molecule has 1 aromatic carbocycles. The second kappa shape index (κ2) is 7.98. The molecule has 0 bridgehead atoms. The summed E-state index contributed by atoms with van der Waals surface area (Å²) in [5.41, 5.74) is 4.20. The van der Waals surface area contributed by atoms with Crippen molar-refractivity contribution in [2.24, 2.45) is 0 Å². The Morgan fingerprint density at radius 1 is 0.964 bits per heavy atom. The maximum absolute atomic E-state index is 13.2. The van der Waals surface area contributed by atoms with Crippen LogP contribution in [0.5, 0.6) is 0 Å². The molecule has 1 amide bonds. The van der Waals surface area contributed by atoms with Gasteiger partial charge in [0.25, 0.3) is 5.91 Å². The molecule has 0 unspecified atom stereocenters. The number of halogens is 1. The van der Waals surface area contributed by atoms with Crippen LogP contribution >= 0.6 is 0 Å². The number of anilines is 1. The average molecular weight is 384 g/mol. The van der Waals surface area contributed by atoms with Crippen molar-refractivity contribution >= 4 is 11.6 Å². The van der Waals surface area contributed by atoms with E-state index in [2.05, 4.69) is 29.4 Å². The molecule has 0 N–H and O–H groups in total. The van der Waals surface area contributed by atoms with Gasteiger partial charge in [-0.1, -0.05) is 19.3 Å². The van der Waals surface area contributed by atoms with E-state index in [1.807, 2.05) is 17.0 Å². The van der Waals surface area contributed by atoms with E-state index in [1.54, 1.807) is 0 Å². The van der Waals surface area contributed by atoms with Crippen LogP contribution in [0.3, 0.4) is 0 Å². The first-order valence-electron chi connectivity index (χ1n) is 10.5. The fraction of sp³-hybridized carbons (Fsp3) is 0.522. The molecule has 2 heterocycles. The van der Waals surface area contributed by atoms with Crippen molar-refractivity contribution in [3.63, 3.8) is 0 Å². The summed E-state index contributed by atoms with van der Waals surface area (Å²) in [6, 6.07) is 9.24. The summed E-state index contributed by atoms with van der Waals surface area (Å²) in [6.45, 7) is 7.18. The molecule has 1 aliphatic carbocycles. The number of piperazine rings is 1. The zero-order valence-electron chi connectivity index (χ0n) is 17.0. The van der Waals surface area contributed by atoms with Gasteiger partial charge in [-0.2, -0.15) is 0 Å². The van der Waals surface area contributed by atoms with Gasteiger partial charge in [0.2, 0.25) is 0 Å². The molecule has 4 rings (SSSR count). The SMILES string of the molecule is Cc1cc(C(=O)N2CCN(c3ccc(F)cc3)CC2)c(C)n1C1CCCCC1. The van der Waals surface area contributed by atoms with Crippen molar-refractivity contribution in [2.45, 2.75) is 52.0 Å². The third-order valence-corrected chi connectivity index (χ3v) is 6.41. The van der Waals surface area contributed by atoms with Gasteiger partial charge < -0.3 is 14.4 Å². The zero-order valence-corrected chi connectivity index (χ0v) is 17.0. The predicted molar refractivity (Wildman–Crippen MR) is 111 cm³/mol. The monoisotopic (exact) mass is 383 g/mol. The van der Waals surface area contributed by atoms with Crippen LogP contribution in [-0.2, 0) is 0 Å². The Labute approximate surface area is 166 Å². The van der Waals surface area contributed by atoms with E-state index in [-0.39, 0.29) is 11.7 Å². The van der Waals surface area contributed by atoms with E-state index in [9.17, 15) is 9.18 Å². The van der Waals surface area contributed by atoms with Gasteiger partial charge in [-0.05, 0) is 57.0 Å². The van der Waals surface area contributed by atoms with Crippen LogP contribution in [0.2, 0.25) is 0 Å². The van der Waals surface area contributed by atoms with Crippen LogP contribution in [-0.4, -0.2) is 41.6 Å². The molecule has 0 spiro atoms. The molecule has 1 saturated carbocycles. The smallest absolute Gasteiger partial charge is 0.255 e. The molecule has 2 aliphatic rings. The summed E-state index contributed by atoms with van der Waals surface area (Å²) >= 11 is 0. The van der Waals surface area contributed by atoms with Gasteiger partial charge in [0.1, 0.15) is 5.82 Å². The van der Waals surface area contributed by atoms with Crippen LogP contribution in [0.15, 0.2) is 30.3 Å². The number of hydrogen-bond acceptors (Lipinski definition) is 2. The van der Waals surface area contributed by atoms with Gasteiger partial charge in [0.15, 0.2) is 0 Å². The number of nitrogens with zero attached hydrogens (tertiary/aromatic N) is 3. The van der Waals surface area contributed by atoms with Crippen molar-refractivity contribution in [3.05, 3.63) is 53.1 Å². The third-order valence-electron chi connectivity index (χ3n) is 6.41. The van der Waals surface area contributed by atoms with Crippen LogP contribution in [0, 0.1) is 19.7 Å². The van der Waals surface area contributed by atoms with E-state index < -0.39 is 0 Å². The first kappa shape index (κ1) is 19.0. The number of aromatic nitrogens is 1. The lowest BCUT2D eigenvalue weighted by Gasteiger charge is -2.36. The van der Waals surface area contributed by atoms with Gasteiger partial charge >= 0.3 is 0 Å². The average Bonchev–Trinajstić information content (AvgIpc) is 3.03. The van der Waals surface area contributed by atoms with E-state index in [4.69, 9.17) is 0 Å². The highest BCUT2D eigenvalue weighted by Gasteiger charge is 2.27. The number of aryl methyl sites for hydroxylation is 1. The number of hydrogen-bond donors (Lipinski definition) is 0. The first-order valence-corrected chi connectivity index (χ1v) is 10.5. The minimum atomic E-state index is -0.217. The Balaban J connectivity index is 1.45. The standard InChI is InChI=1S/C23H30FN3O/c1-17-16-22(18(2)27(17)21-6-4-3-5-7-21)23(28)26-14-12-25(13-15-26)20-10-8-19(24)9-11-20/h8-11,16,21H,3-7,12-15H2,1-2H3. The number of carbonyl (C=O) groups excluding carboxylic acids is 1. The maximum Gasteiger partial charge on any atom is 0.255 e. The summed E-state index contributed by atoms with van der Waals surface area (Å²) < 4.78 is 15.5. The molecule has 0 radical (unpaired) electrons. The minimum absolute atomic E-state index is 0.147. The van der Waals surface area contributed by atoms with Crippen molar-refractivity contribution in [2.75, 3.05) is 31.1 Å². The zero-order chi connectivity index (χ0) is 19.7. The van der Waals surface area contributed by atoms with Crippen molar-refractivity contribution in [1.82, 2.24) is 9.47 Å². The van der Waals surface area contributed by atoms with Gasteiger partial charge in [0.05, 0.1) is 5.56 Å². The second-order valence-electron chi connectivity index (χ2n) is 8.20. The Kier molecular flexibility index (Phi) is 5.42. The minimum Gasteiger partial charge on any atom is -0.368 e. The Morgan fingerprint density at radius 2 is 1.61 bits per heavy atom. The summed E-state index contributed by atoms with van der Waals surface area (Å²) in [5, 5.41) is 0. The van der Waals surface area contributed by atoms with Gasteiger partial charge in [-0.25, -0.2) is 4.39 Å². The van der Waals surface area contributed by atoms with Crippen LogP contribution in [0.25, 0.3) is 0 Å². The number of rotatable bonds is 3. The molecule has 4 nitrogen and oxygen atoms in total. The lowest BCUT2D eigenvalue weighted by atomic mass is 9.95. The second-order valence-corrected chi connectivity index (χ2v) is 8.20. The molecule has 1 aliphatic heterocycles. The first-order chi connectivity index (χ1) is 13.5. The van der Waals surface area contributed by atoms with Crippen molar-refractivity contribution in [3.8, 4) is 0 Å². The summed E-state index contributed by atoms with van der Waals surface area (Å²) in [5.74, 6) is -0.0696. The maximum atomic E-state index is 13.2. The summed E-state index contributed by atoms with van der Waals surface area (Å²) in [4.78, 5) is 17.4. The number of carbonyl (C=O) groups is 1. The lowest BCUT2D eigenvalue weighted by Crippen LogP contribution is -2.48. The molecule has 1 saturated heterocycles. The highest BCUT2D eigenvalue weighted by Crippen LogP contribution is 2.32. The van der Waals surface area contributed by atoms with E-state index in [0.717, 1.165) is 30.0 Å². The summed E-state index contributed by atoms with van der Waals surface area (Å²) in [7, 11) is 0. The molecule has 2 aromatic rings. The lowest BCUT2D eigenvalue weighted by molar-refractivity contribution is 0.0745. The van der Waals surface area contributed by atoms with Crippen molar-refractivity contribution < 1.29 is 9.18 Å². The fourth-order valence-electron chi connectivity index (χ4n) is 4.88. The molecule has 2 fully saturated rings. The van der Waals surface area contributed by atoms with Crippen LogP contribution < -0.4 is 4.90 Å². The van der Waals surface area contributed by atoms with E-state index in [1.165, 1.54) is 49.9 Å². The molecule has 0 atom stereocenters. The molecule has 5 heteroatoms. The number of benzene rings is 1. The van der Waals surface area contributed by atoms with Gasteiger partial charge in [-0.3, -0.25) is 4.79 Å². The van der Waals surface area contributed by atoms with Crippen molar-refractivity contribution in [1.29, 1.82) is 0 Å². The van der Waals surface area contributed by atoms with E-state index >= 15 is 0 Å². The quantitative estimate of drug-likeness (QED) is 0.768. The normalized spacial score (nSPS) is 18.5. The Bertz CT molecular complexity index is 828. The van der Waals surface area contributed by atoms with Crippen LogP contribution in [0.1, 0.15) is 59.9 Å². The third kappa shape index (κ3) is 3.67. The van der Waals surface area contributed by atoms with Gasteiger partial charge in [-0.15, -0.1) is 0 Å². The largest absolute Gasteiger partial charge is 0.368 e. The highest BCUT2D eigenvalue weighted by atomic mass is 19.1. The molecular formula is C23H30FN3O. The van der Waals surface area contributed by atoms with E-state index in [0.29, 0.717) is 19.1 Å². The van der Waals surface area contributed by atoms with Crippen LogP contribution in [0.4, 0.5) is 10.1 Å². The summed E-state index contributed by atoms with van der Waals surface area (Å²) in [6.07, 6.45) is 6.35. The number of amides is 1. The molecule has 150 valence electrons. The molecule has 28 heavy (non-hydrogen) atoms.